The van der Waals surface area contributed by atoms with Gasteiger partial charge in [-0.1, -0.05) is 30.3 Å². The van der Waals surface area contributed by atoms with E-state index in [9.17, 15) is 14.0 Å². The predicted molar refractivity (Wildman–Crippen MR) is 145 cm³/mol. The van der Waals surface area contributed by atoms with Crippen LogP contribution < -0.4 is 21.3 Å². The Labute approximate surface area is 222 Å². The molecule has 0 atom stereocenters. The van der Waals surface area contributed by atoms with Crippen LogP contribution in [0.1, 0.15) is 16.1 Å². The van der Waals surface area contributed by atoms with Gasteiger partial charge in [0.05, 0.1) is 36.6 Å². The van der Waals surface area contributed by atoms with Gasteiger partial charge in [-0.3, -0.25) is 14.3 Å². The molecule has 3 heterocycles. The van der Waals surface area contributed by atoms with Gasteiger partial charge < -0.3 is 15.8 Å². The van der Waals surface area contributed by atoms with Crippen LogP contribution in [0.3, 0.4) is 0 Å². The second-order valence-corrected chi connectivity index (χ2v) is 8.66. The standard InChI is InChI=1S/C28H24FN7O3/c1-16-24(28(38)36(35(16)2)19-7-5-4-6-8-19)27(37)33-18-11-9-17(10-12-18)25-26(30)32-15-22(34-25)20-13-23(39-3)31-14-21(20)29/h4-15H,1-3H3,(H2,30,32)(H,33,37). The van der Waals surface area contributed by atoms with Crippen LogP contribution in [0.15, 0.2) is 77.9 Å². The first-order chi connectivity index (χ1) is 18.8. The number of nitrogens with zero attached hydrogens (tertiary/aromatic N) is 5. The molecule has 0 aliphatic carbocycles. The maximum absolute atomic E-state index is 14.4. The summed E-state index contributed by atoms with van der Waals surface area (Å²) in [6, 6.07) is 17.2. The van der Waals surface area contributed by atoms with Crippen molar-refractivity contribution in [3.8, 4) is 34.1 Å². The Morgan fingerprint density at radius 1 is 1.05 bits per heavy atom. The van der Waals surface area contributed by atoms with Gasteiger partial charge in [0.2, 0.25) is 5.88 Å². The zero-order valence-corrected chi connectivity index (χ0v) is 21.3. The van der Waals surface area contributed by atoms with E-state index in [0.29, 0.717) is 28.3 Å². The lowest BCUT2D eigenvalue weighted by molar-refractivity contribution is 0.102. The van der Waals surface area contributed by atoms with Crippen molar-refractivity contribution in [2.24, 2.45) is 7.05 Å². The summed E-state index contributed by atoms with van der Waals surface area (Å²) in [4.78, 5) is 38.8. The summed E-state index contributed by atoms with van der Waals surface area (Å²) in [6.07, 6.45) is 2.42. The molecular weight excluding hydrogens is 501 g/mol. The summed E-state index contributed by atoms with van der Waals surface area (Å²) in [6.45, 7) is 1.72. The molecule has 1 amide bonds. The van der Waals surface area contributed by atoms with Gasteiger partial charge in [-0.2, -0.15) is 0 Å². The Morgan fingerprint density at radius 2 is 1.77 bits per heavy atom. The Hall–Kier alpha value is -5.32. The van der Waals surface area contributed by atoms with Crippen LogP contribution in [-0.4, -0.2) is 37.3 Å². The van der Waals surface area contributed by atoms with Crippen molar-refractivity contribution in [3.63, 3.8) is 0 Å². The Balaban J connectivity index is 1.42. The van der Waals surface area contributed by atoms with E-state index < -0.39 is 17.3 Å². The lowest BCUT2D eigenvalue weighted by Crippen LogP contribution is -2.25. The Bertz CT molecular complexity index is 1750. The van der Waals surface area contributed by atoms with Gasteiger partial charge in [-0.05, 0) is 31.2 Å². The number of hydrogen-bond donors (Lipinski definition) is 2. The number of para-hydroxylation sites is 1. The fourth-order valence-corrected chi connectivity index (χ4v) is 4.20. The van der Waals surface area contributed by atoms with Crippen LogP contribution in [0, 0.1) is 12.7 Å². The van der Waals surface area contributed by atoms with Crippen LogP contribution >= 0.6 is 0 Å². The second-order valence-electron chi connectivity index (χ2n) is 8.66. The average molecular weight is 526 g/mol. The quantitative estimate of drug-likeness (QED) is 0.343. The Morgan fingerprint density at radius 3 is 2.46 bits per heavy atom. The zero-order valence-electron chi connectivity index (χ0n) is 21.3. The van der Waals surface area contributed by atoms with E-state index >= 15 is 0 Å². The summed E-state index contributed by atoms with van der Waals surface area (Å²) < 4.78 is 22.6. The molecule has 0 unspecified atom stereocenters. The summed E-state index contributed by atoms with van der Waals surface area (Å²) in [7, 11) is 3.16. The number of rotatable bonds is 6. The molecule has 0 saturated heterocycles. The number of nitrogens with one attached hydrogen (secondary N) is 1. The maximum Gasteiger partial charge on any atom is 0.284 e. The molecule has 5 aromatic rings. The molecule has 10 nitrogen and oxygen atoms in total. The molecule has 0 saturated carbocycles. The molecule has 11 heteroatoms. The third-order valence-corrected chi connectivity index (χ3v) is 6.31. The number of carbonyl (C=O) groups excluding carboxylic acids is 1. The highest BCUT2D eigenvalue weighted by molar-refractivity contribution is 6.05. The first-order valence-corrected chi connectivity index (χ1v) is 11.9. The summed E-state index contributed by atoms with van der Waals surface area (Å²) in [5.74, 6) is -0.727. The number of carbonyl (C=O) groups is 1. The normalized spacial score (nSPS) is 10.9. The molecule has 0 aliphatic heterocycles. The third kappa shape index (κ3) is 4.73. The third-order valence-electron chi connectivity index (χ3n) is 6.31. The first-order valence-electron chi connectivity index (χ1n) is 11.9. The highest BCUT2D eigenvalue weighted by atomic mass is 19.1. The van der Waals surface area contributed by atoms with E-state index in [2.05, 4.69) is 20.3 Å². The fraction of sp³-hybridized carbons (Fsp3) is 0.107. The number of anilines is 2. The predicted octanol–water partition coefficient (Wildman–Crippen LogP) is 3.99. The van der Waals surface area contributed by atoms with Gasteiger partial charge in [0.25, 0.3) is 11.5 Å². The second kappa shape index (κ2) is 10.2. The largest absolute Gasteiger partial charge is 0.481 e. The van der Waals surface area contributed by atoms with Crippen molar-refractivity contribution in [1.29, 1.82) is 0 Å². The highest BCUT2D eigenvalue weighted by Crippen LogP contribution is 2.29. The van der Waals surface area contributed by atoms with Gasteiger partial charge in [0, 0.05) is 29.9 Å². The molecule has 0 bridgehead atoms. The minimum absolute atomic E-state index is 0.0445. The molecule has 196 valence electrons. The summed E-state index contributed by atoms with van der Waals surface area (Å²) in [5, 5.41) is 2.78. The van der Waals surface area contributed by atoms with Crippen molar-refractivity contribution in [3.05, 3.63) is 100 Å². The van der Waals surface area contributed by atoms with Crippen molar-refractivity contribution in [2.75, 3.05) is 18.2 Å². The molecule has 2 aromatic carbocycles. The number of amides is 1. The number of nitrogens with two attached hydrogens (primary N) is 1. The molecule has 5 rings (SSSR count). The molecule has 3 aromatic heterocycles. The average Bonchev–Trinajstić information content (AvgIpc) is 3.17. The van der Waals surface area contributed by atoms with Gasteiger partial charge in [-0.15, -0.1) is 0 Å². The minimum Gasteiger partial charge on any atom is -0.481 e. The van der Waals surface area contributed by atoms with Crippen molar-refractivity contribution < 1.29 is 13.9 Å². The van der Waals surface area contributed by atoms with Crippen LogP contribution in [0.2, 0.25) is 0 Å². The number of aromatic nitrogens is 5. The maximum atomic E-state index is 14.4. The van der Waals surface area contributed by atoms with Crippen molar-refractivity contribution >= 4 is 17.4 Å². The van der Waals surface area contributed by atoms with Crippen LogP contribution in [0.4, 0.5) is 15.9 Å². The van der Waals surface area contributed by atoms with Crippen molar-refractivity contribution in [2.45, 2.75) is 6.92 Å². The van der Waals surface area contributed by atoms with E-state index in [0.717, 1.165) is 6.20 Å². The van der Waals surface area contributed by atoms with Gasteiger partial charge in [0.15, 0.2) is 5.82 Å². The lowest BCUT2D eigenvalue weighted by Gasteiger charge is -2.10. The topological polar surface area (TPSA) is 130 Å². The summed E-state index contributed by atoms with van der Waals surface area (Å²) >= 11 is 0. The number of nitrogen functional groups attached to an aromatic ring is 1. The van der Waals surface area contributed by atoms with Crippen LogP contribution in [0.25, 0.3) is 28.2 Å². The number of hydrogen-bond acceptors (Lipinski definition) is 7. The van der Waals surface area contributed by atoms with Gasteiger partial charge in [0.1, 0.15) is 17.1 Å². The van der Waals surface area contributed by atoms with E-state index in [1.54, 1.807) is 55.1 Å². The monoisotopic (exact) mass is 525 g/mol. The number of pyridine rings is 1. The SMILES string of the molecule is COc1cc(-c2cnc(N)c(-c3ccc(NC(=O)c4c(C)n(C)n(-c5ccccc5)c4=O)cc3)n2)c(F)cn1. The minimum atomic E-state index is -0.582. The van der Waals surface area contributed by atoms with E-state index in [-0.39, 0.29) is 28.5 Å². The first kappa shape index (κ1) is 25.3. The molecule has 0 fully saturated rings. The molecule has 3 N–H and O–H groups in total. The van der Waals surface area contributed by atoms with E-state index in [4.69, 9.17) is 10.5 Å². The van der Waals surface area contributed by atoms with Crippen LogP contribution in [-0.2, 0) is 7.05 Å². The van der Waals surface area contributed by atoms with Gasteiger partial charge >= 0.3 is 0 Å². The number of benzene rings is 2. The Kier molecular flexibility index (Phi) is 6.63. The molecule has 0 aliphatic rings. The molecule has 0 radical (unpaired) electrons. The summed E-state index contributed by atoms with van der Waals surface area (Å²) in [5.41, 5.74) is 8.70. The number of halogens is 1. The highest BCUT2D eigenvalue weighted by Gasteiger charge is 2.22. The zero-order chi connectivity index (χ0) is 27.7. The molecular formula is C28H24FN7O3. The van der Waals surface area contributed by atoms with Gasteiger partial charge in [-0.25, -0.2) is 24.0 Å². The van der Waals surface area contributed by atoms with E-state index in [1.807, 2.05) is 18.2 Å². The van der Waals surface area contributed by atoms with E-state index in [1.165, 1.54) is 24.1 Å². The van der Waals surface area contributed by atoms with Crippen molar-refractivity contribution in [1.82, 2.24) is 24.3 Å². The fourth-order valence-electron chi connectivity index (χ4n) is 4.20. The number of methoxy groups -OCH3 is 1. The van der Waals surface area contributed by atoms with Crippen LogP contribution in [0.5, 0.6) is 5.88 Å². The number of ether oxygens (including phenoxy) is 1. The molecule has 0 spiro atoms. The smallest absolute Gasteiger partial charge is 0.284 e. The molecule has 39 heavy (non-hydrogen) atoms. The lowest BCUT2D eigenvalue weighted by atomic mass is 10.1.